The van der Waals surface area contributed by atoms with Crippen molar-refractivity contribution in [1.82, 2.24) is 9.88 Å². The fraction of sp³-hybridized carbons (Fsp3) is 0.414. The maximum absolute atomic E-state index is 12.9. The standard InChI is InChI=1S/C29H33IN2O7/c1-32-28(36)19-13-18(15-38-2)25(20(14-33)26(19)29(32)37)23(34)8-7-17(22-6-4-5-9-31-22)10-16-11-21(30)27(35)24(12-16)39-3/h4-6,9-12,19-20,23,26,33-35H,7-8,13-15H2,1-3H3/b17-10-/t19-,20+,23-,26-/m1/s1. The lowest BCUT2D eigenvalue weighted by Crippen LogP contribution is -2.39. The van der Waals surface area contributed by atoms with E-state index in [2.05, 4.69) is 4.98 Å². The number of pyridine rings is 1. The van der Waals surface area contributed by atoms with Gasteiger partial charge in [-0.25, -0.2) is 0 Å². The van der Waals surface area contributed by atoms with E-state index in [4.69, 9.17) is 9.47 Å². The zero-order valence-corrected chi connectivity index (χ0v) is 24.3. The second kappa shape index (κ2) is 12.6. The van der Waals surface area contributed by atoms with Crippen LogP contribution in [0.15, 0.2) is 47.7 Å². The second-order valence-electron chi connectivity index (χ2n) is 9.85. The van der Waals surface area contributed by atoms with Crippen LogP contribution in [0.1, 0.15) is 30.5 Å². The van der Waals surface area contributed by atoms with Gasteiger partial charge in [-0.3, -0.25) is 19.5 Å². The van der Waals surface area contributed by atoms with Crippen LogP contribution in [0.5, 0.6) is 11.5 Å². The number of phenolic OH excluding ortho intramolecular Hbond substituents is 1. The third-order valence-corrected chi connectivity index (χ3v) is 8.39. The number of rotatable bonds is 10. The zero-order valence-electron chi connectivity index (χ0n) is 22.1. The number of aromatic nitrogens is 1. The van der Waals surface area contributed by atoms with Crippen molar-refractivity contribution in [2.75, 3.05) is 34.5 Å². The van der Waals surface area contributed by atoms with Gasteiger partial charge < -0.3 is 24.8 Å². The minimum Gasteiger partial charge on any atom is -0.504 e. The second-order valence-corrected chi connectivity index (χ2v) is 11.0. The lowest BCUT2D eigenvalue weighted by Gasteiger charge is -2.36. The fourth-order valence-corrected chi connectivity index (χ4v) is 6.36. The summed E-state index contributed by atoms with van der Waals surface area (Å²) in [5.74, 6) is -2.09. The number of likely N-dealkylation sites (tertiary alicyclic amines) is 1. The van der Waals surface area contributed by atoms with Gasteiger partial charge in [0.1, 0.15) is 0 Å². The van der Waals surface area contributed by atoms with Crippen LogP contribution < -0.4 is 4.74 Å². The Hall–Kier alpha value is -2.80. The normalized spacial score (nSPS) is 22.4. The van der Waals surface area contributed by atoms with E-state index in [1.54, 1.807) is 19.4 Å². The molecule has 9 nitrogen and oxygen atoms in total. The highest BCUT2D eigenvalue weighted by atomic mass is 127. The maximum atomic E-state index is 12.9. The van der Waals surface area contributed by atoms with Crippen LogP contribution in [-0.4, -0.2) is 77.6 Å². The number of phenols is 1. The number of fused-ring (bicyclic) bond motifs is 1. The van der Waals surface area contributed by atoms with Gasteiger partial charge in [-0.1, -0.05) is 6.07 Å². The molecule has 4 atom stereocenters. The van der Waals surface area contributed by atoms with Crippen LogP contribution in [-0.2, 0) is 14.3 Å². The van der Waals surface area contributed by atoms with Gasteiger partial charge in [-0.05, 0) is 94.5 Å². The predicted octanol–water partition coefficient (Wildman–Crippen LogP) is 3.27. The van der Waals surface area contributed by atoms with Crippen molar-refractivity contribution < 1.29 is 34.4 Å². The van der Waals surface area contributed by atoms with E-state index < -0.39 is 23.9 Å². The first-order valence-electron chi connectivity index (χ1n) is 12.7. The molecule has 0 bridgehead atoms. The number of methoxy groups -OCH3 is 2. The zero-order chi connectivity index (χ0) is 28.3. The van der Waals surface area contributed by atoms with E-state index in [0.717, 1.165) is 27.3 Å². The topological polar surface area (TPSA) is 129 Å². The summed E-state index contributed by atoms with van der Waals surface area (Å²) in [6.45, 7) is -0.158. The third-order valence-electron chi connectivity index (χ3n) is 7.57. The van der Waals surface area contributed by atoms with Crippen molar-refractivity contribution in [3.8, 4) is 11.5 Å². The maximum Gasteiger partial charge on any atom is 0.233 e. The van der Waals surface area contributed by atoms with E-state index in [-0.39, 0.29) is 30.8 Å². The number of amides is 2. The van der Waals surface area contributed by atoms with Crippen molar-refractivity contribution >= 4 is 46.1 Å². The molecule has 1 fully saturated rings. The van der Waals surface area contributed by atoms with Crippen molar-refractivity contribution in [1.29, 1.82) is 0 Å². The van der Waals surface area contributed by atoms with Gasteiger partial charge in [0.15, 0.2) is 11.5 Å². The molecule has 0 radical (unpaired) electrons. The minimum atomic E-state index is -0.969. The number of allylic oxidation sites excluding steroid dienone is 1. The number of hydrogen-bond acceptors (Lipinski definition) is 8. The number of hydrogen-bond donors (Lipinski definition) is 3. The number of aliphatic hydroxyl groups excluding tert-OH is 2. The van der Waals surface area contributed by atoms with E-state index in [0.29, 0.717) is 34.2 Å². The van der Waals surface area contributed by atoms with Gasteiger partial charge in [-0.2, -0.15) is 0 Å². The Balaban J connectivity index is 1.67. The average Bonchev–Trinajstić information content (AvgIpc) is 3.15. The number of carbonyl (C=O) groups is 2. The molecule has 2 aromatic rings. The molecule has 1 aromatic carbocycles. The van der Waals surface area contributed by atoms with Gasteiger partial charge >= 0.3 is 0 Å². The highest BCUT2D eigenvalue weighted by molar-refractivity contribution is 14.1. The van der Waals surface area contributed by atoms with E-state index in [1.807, 2.05) is 52.9 Å². The smallest absolute Gasteiger partial charge is 0.233 e. The number of halogens is 1. The summed E-state index contributed by atoms with van der Waals surface area (Å²) in [5, 5.41) is 32.1. The predicted molar refractivity (Wildman–Crippen MR) is 154 cm³/mol. The van der Waals surface area contributed by atoms with Gasteiger partial charge in [0.2, 0.25) is 11.8 Å². The molecule has 4 rings (SSSR count). The summed E-state index contributed by atoms with van der Waals surface area (Å²) in [6, 6.07) is 9.16. The van der Waals surface area contributed by atoms with Crippen LogP contribution >= 0.6 is 22.6 Å². The molecule has 1 saturated heterocycles. The Morgan fingerprint density at radius 1 is 1.26 bits per heavy atom. The molecule has 1 aromatic heterocycles. The molecule has 2 heterocycles. The Kier molecular flexibility index (Phi) is 9.42. The molecule has 3 N–H and O–H groups in total. The van der Waals surface area contributed by atoms with Gasteiger partial charge in [0, 0.05) is 26.3 Å². The summed E-state index contributed by atoms with van der Waals surface area (Å²) in [5.41, 5.74) is 3.73. The van der Waals surface area contributed by atoms with Crippen LogP contribution in [0.4, 0.5) is 0 Å². The van der Waals surface area contributed by atoms with Crippen LogP contribution in [0.2, 0.25) is 0 Å². The van der Waals surface area contributed by atoms with E-state index in [1.165, 1.54) is 14.2 Å². The summed E-state index contributed by atoms with van der Waals surface area (Å²) < 4.78 is 11.3. The number of benzene rings is 1. The van der Waals surface area contributed by atoms with Crippen LogP contribution in [0.3, 0.4) is 0 Å². The van der Waals surface area contributed by atoms with E-state index in [9.17, 15) is 24.9 Å². The van der Waals surface area contributed by atoms with E-state index >= 15 is 0 Å². The number of imide groups is 1. The molecule has 0 saturated carbocycles. The molecule has 0 unspecified atom stereocenters. The molecule has 10 heteroatoms. The lowest BCUT2D eigenvalue weighted by molar-refractivity contribution is -0.138. The number of nitrogens with zero attached hydrogens (tertiary/aromatic N) is 2. The highest BCUT2D eigenvalue weighted by Gasteiger charge is 2.53. The Labute approximate surface area is 241 Å². The summed E-state index contributed by atoms with van der Waals surface area (Å²) in [7, 11) is 4.50. The number of aromatic hydroxyl groups is 1. The Bertz CT molecular complexity index is 1290. The van der Waals surface area contributed by atoms with Crippen molar-refractivity contribution in [2.24, 2.45) is 17.8 Å². The molecule has 1 aliphatic carbocycles. The molecule has 208 valence electrons. The Morgan fingerprint density at radius 3 is 2.67 bits per heavy atom. The highest BCUT2D eigenvalue weighted by Crippen LogP contribution is 2.46. The Morgan fingerprint density at radius 2 is 2.03 bits per heavy atom. The first-order chi connectivity index (χ1) is 18.7. The number of aliphatic hydroxyl groups is 2. The van der Waals surface area contributed by atoms with Crippen molar-refractivity contribution in [2.45, 2.75) is 25.4 Å². The average molecular weight is 648 g/mol. The number of carbonyl (C=O) groups excluding carboxylic acids is 2. The third kappa shape index (κ3) is 5.88. The quantitative estimate of drug-likeness (QED) is 0.204. The molecule has 39 heavy (non-hydrogen) atoms. The monoisotopic (exact) mass is 648 g/mol. The van der Waals surface area contributed by atoms with Gasteiger partial charge in [-0.15, -0.1) is 0 Å². The van der Waals surface area contributed by atoms with Crippen molar-refractivity contribution in [3.05, 3.63) is 62.5 Å². The lowest BCUT2D eigenvalue weighted by atomic mass is 9.68. The molecular weight excluding hydrogens is 615 g/mol. The van der Waals surface area contributed by atoms with Gasteiger partial charge in [0.25, 0.3) is 0 Å². The molecule has 2 amide bonds. The first-order valence-corrected chi connectivity index (χ1v) is 13.8. The summed E-state index contributed by atoms with van der Waals surface area (Å²) >= 11 is 2.04. The SMILES string of the molecule is COCC1=C([C@H](O)CC/C(=C/c2cc(I)c(O)c(OC)c2)c2ccccn2)[C@H](CO)[C@@H]2C(=O)N(C)C(=O)[C@@H]2C1. The molecule has 1 aliphatic heterocycles. The van der Waals surface area contributed by atoms with Crippen LogP contribution in [0, 0.1) is 21.3 Å². The summed E-state index contributed by atoms with van der Waals surface area (Å²) in [6.07, 6.45) is 3.71. The molecule has 0 spiro atoms. The van der Waals surface area contributed by atoms with Crippen molar-refractivity contribution in [3.63, 3.8) is 0 Å². The molecule has 2 aliphatic rings. The largest absolute Gasteiger partial charge is 0.504 e. The van der Waals surface area contributed by atoms with Crippen LogP contribution in [0.25, 0.3) is 11.6 Å². The van der Waals surface area contributed by atoms with Gasteiger partial charge in [0.05, 0.1) is 47.5 Å². The minimum absolute atomic E-state index is 0.0684. The molecular formula is C29H33IN2O7. The summed E-state index contributed by atoms with van der Waals surface area (Å²) in [4.78, 5) is 31.3. The number of ether oxygens (including phenoxy) is 2. The first kappa shape index (κ1) is 29.2. The fourth-order valence-electron chi connectivity index (χ4n) is 5.73.